The van der Waals surface area contributed by atoms with Crippen LogP contribution < -0.4 is 5.32 Å². The number of benzene rings is 1. The fourth-order valence-electron chi connectivity index (χ4n) is 3.37. The van der Waals surface area contributed by atoms with Crippen LogP contribution in [-0.4, -0.2) is 38.3 Å². The molecule has 5 nitrogen and oxygen atoms in total. The van der Waals surface area contributed by atoms with E-state index in [1.54, 1.807) is 6.07 Å². The average Bonchev–Trinajstić information content (AvgIpc) is 2.68. The highest BCUT2D eigenvalue weighted by Gasteiger charge is 2.28. The second-order valence-corrected chi connectivity index (χ2v) is 9.55. The summed E-state index contributed by atoms with van der Waals surface area (Å²) in [6, 6.07) is 4.50. The first-order valence-electron chi connectivity index (χ1n) is 9.98. The molecule has 7 heteroatoms. The van der Waals surface area contributed by atoms with Gasteiger partial charge in [0.25, 0.3) is 5.91 Å². The van der Waals surface area contributed by atoms with Crippen LogP contribution in [0.1, 0.15) is 69.2 Å². The van der Waals surface area contributed by atoms with Gasteiger partial charge in [0, 0.05) is 25.2 Å². The van der Waals surface area contributed by atoms with Gasteiger partial charge in [-0.25, -0.2) is 8.42 Å². The summed E-state index contributed by atoms with van der Waals surface area (Å²) in [7, 11) is -3.68. The lowest BCUT2D eigenvalue weighted by Gasteiger charge is -2.26. The summed E-state index contributed by atoms with van der Waals surface area (Å²) in [5, 5.41) is 3.10. The number of nitrogens with zero attached hydrogens (tertiary/aromatic N) is 1. The third kappa shape index (κ3) is 5.93. The first-order chi connectivity index (χ1) is 12.9. The van der Waals surface area contributed by atoms with E-state index in [0.717, 1.165) is 44.9 Å². The Bertz CT molecular complexity index is 731. The van der Waals surface area contributed by atoms with Gasteiger partial charge in [-0.2, -0.15) is 4.31 Å². The third-order valence-electron chi connectivity index (χ3n) is 5.22. The average molecular weight is 415 g/mol. The Morgan fingerprint density at radius 2 is 1.93 bits per heavy atom. The predicted octanol–water partition coefficient (Wildman–Crippen LogP) is 4.46. The molecule has 1 aliphatic rings. The SMILES string of the molecule is CCCC[C@H](CC)CNC(=O)c1ccc(Cl)c(S(=O)(=O)N2CCCCC2)c1. The Morgan fingerprint density at radius 3 is 2.56 bits per heavy atom. The van der Waals surface area contributed by atoms with E-state index in [1.807, 2.05) is 0 Å². The van der Waals surface area contributed by atoms with Crippen LogP contribution in [0.4, 0.5) is 0 Å². The van der Waals surface area contributed by atoms with Crippen molar-refractivity contribution >= 4 is 27.5 Å². The first-order valence-corrected chi connectivity index (χ1v) is 11.8. The van der Waals surface area contributed by atoms with Crippen LogP contribution in [0.15, 0.2) is 23.1 Å². The van der Waals surface area contributed by atoms with E-state index in [1.165, 1.54) is 16.4 Å². The number of piperidine rings is 1. The summed E-state index contributed by atoms with van der Waals surface area (Å²) in [4.78, 5) is 12.6. The van der Waals surface area contributed by atoms with E-state index < -0.39 is 10.0 Å². The first kappa shape index (κ1) is 22.2. The molecule has 0 bridgehead atoms. The van der Waals surface area contributed by atoms with Crippen molar-refractivity contribution in [1.29, 1.82) is 0 Å². The maximum Gasteiger partial charge on any atom is 0.251 e. The zero-order chi connectivity index (χ0) is 19.9. The fourth-order valence-corrected chi connectivity index (χ4v) is 5.39. The molecule has 1 atom stereocenters. The normalized spacial score (nSPS) is 16.9. The molecule has 1 aliphatic heterocycles. The molecule has 0 saturated carbocycles. The molecule has 1 N–H and O–H groups in total. The molecule has 0 unspecified atom stereocenters. The molecule has 1 saturated heterocycles. The zero-order valence-corrected chi connectivity index (χ0v) is 17.9. The number of rotatable bonds is 9. The fraction of sp³-hybridized carbons (Fsp3) is 0.650. The number of unbranched alkanes of at least 4 members (excludes halogenated alkanes) is 1. The van der Waals surface area contributed by atoms with Gasteiger partial charge in [0.15, 0.2) is 0 Å². The van der Waals surface area contributed by atoms with Gasteiger partial charge in [-0.1, -0.05) is 51.1 Å². The standard InChI is InChI=1S/C20H31ClN2O3S/c1-3-5-9-16(4-2)15-22-20(24)17-10-11-18(21)19(14-17)27(25,26)23-12-7-6-8-13-23/h10-11,14,16H,3-9,12-13,15H2,1-2H3,(H,22,24)/t16-/m0/s1. The van der Waals surface area contributed by atoms with E-state index in [9.17, 15) is 13.2 Å². The lowest BCUT2D eigenvalue weighted by molar-refractivity contribution is 0.0945. The van der Waals surface area contributed by atoms with Crippen molar-refractivity contribution in [3.05, 3.63) is 28.8 Å². The molecule has 1 amide bonds. The molecule has 1 fully saturated rings. The highest BCUT2D eigenvalue weighted by atomic mass is 35.5. The Morgan fingerprint density at radius 1 is 1.22 bits per heavy atom. The second kappa shape index (κ2) is 10.4. The second-order valence-electron chi connectivity index (χ2n) is 7.24. The van der Waals surface area contributed by atoms with Crippen molar-refractivity contribution in [2.45, 2.75) is 63.7 Å². The van der Waals surface area contributed by atoms with Crippen LogP contribution in [0.3, 0.4) is 0 Å². The van der Waals surface area contributed by atoms with Gasteiger partial charge >= 0.3 is 0 Å². The molecule has 0 aliphatic carbocycles. The molecule has 1 heterocycles. The van der Waals surface area contributed by atoms with E-state index in [2.05, 4.69) is 19.2 Å². The van der Waals surface area contributed by atoms with Crippen LogP contribution in [0.2, 0.25) is 5.02 Å². The van der Waals surface area contributed by atoms with Crippen LogP contribution in [0.5, 0.6) is 0 Å². The Hall–Kier alpha value is -1.11. The molecule has 0 radical (unpaired) electrons. The highest BCUT2D eigenvalue weighted by Crippen LogP contribution is 2.28. The number of hydrogen-bond donors (Lipinski definition) is 1. The Balaban J connectivity index is 2.12. The number of hydrogen-bond acceptors (Lipinski definition) is 3. The Labute approximate surface area is 168 Å². The lowest BCUT2D eigenvalue weighted by Crippen LogP contribution is -2.36. The molecule has 0 spiro atoms. The van der Waals surface area contributed by atoms with Gasteiger partial charge in [-0.15, -0.1) is 0 Å². The summed E-state index contributed by atoms with van der Waals surface area (Å²) in [5.74, 6) is 0.189. The lowest BCUT2D eigenvalue weighted by atomic mass is 9.99. The smallest absolute Gasteiger partial charge is 0.251 e. The maximum atomic E-state index is 12.9. The summed E-state index contributed by atoms with van der Waals surface area (Å²) in [6.07, 6.45) is 7.13. The van der Waals surface area contributed by atoms with Crippen molar-refractivity contribution in [2.75, 3.05) is 19.6 Å². The molecule has 27 heavy (non-hydrogen) atoms. The zero-order valence-electron chi connectivity index (χ0n) is 16.3. The van der Waals surface area contributed by atoms with E-state index in [-0.39, 0.29) is 15.8 Å². The Kier molecular flexibility index (Phi) is 8.58. The summed E-state index contributed by atoms with van der Waals surface area (Å²) in [5.41, 5.74) is 0.334. The largest absolute Gasteiger partial charge is 0.352 e. The van der Waals surface area contributed by atoms with Crippen molar-refractivity contribution in [3.8, 4) is 0 Å². The summed E-state index contributed by atoms with van der Waals surface area (Å²) in [6.45, 7) is 5.89. The van der Waals surface area contributed by atoms with E-state index in [4.69, 9.17) is 11.6 Å². The highest BCUT2D eigenvalue weighted by molar-refractivity contribution is 7.89. The van der Waals surface area contributed by atoms with Gasteiger partial charge < -0.3 is 5.32 Å². The molecular weight excluding hydrogens is 384 g/mol. The van der Waals surface area contributed by atoms with Gasteiger partial charge in [0.05, 0.1) is 5.02 Å². The number of amides is 1. The van der Waals surface area contributed by atoms with Crippen LogP contribution in [0, 0.1) is 5.92 Å². The molecule has 152 valence electrons. The van der Waals surface area contributed by atoms with E-state index >= 15 is 0 Å². The number of carbonyl (C=O) groups is 1. The van der Waals surface area contributed by atoms with Gasteiger partial charge in [0.2, 0.25) is 10.0 Å². The van der Waals surface area contributed by atoms with Gasteiger partial charge in [-0.05, 0) is 43.4 Å². The monoisotopic (exact) mass is 414 g/mol. The van der Waals surface area contributed by atoms with Gasteiger partial charge in [0.1, 0.15) is 4.90 Å². The van der Waals surface area contributed by atoms with Crippen LogP contribution in [-0.2, 0) is 10.0 Å². The number of halogens is 1. The molecule has 1 aromatic carbocycles. The van der Waals surface area contributed by atoms with Crippen LogP contribution >= 0.6 is 11.6 Å². The maximum absolute atomic E-state index is 12.9. The van der Waals surface area contributed by atoms with Gasteiger partial charge in [-0.3, -0.25) is 4.79 Å². The minimum atomic E-state index is -3.68. The quantitative estimate of drug-likeness (QED) is 0.648. The van der Waals surface area contributed by atoms with E-state index in [0.29, 0.717) is 31.1 Å². The van der Waals surface area contributed by atoms with Crippen molar-refractivity contribution < 1.29 is 13.2 Å². The minimum Gasteiger partial charge on any atom is -0.352 e. The molecule has 0 aromatic heterocycles. The number of sulfonamides is 1. The molecule has 1 aromatic rings. The molecule has 2 rings (SSSR count). The minimum absolute atomic E-state index is 0.0248. The van der Waals surface area contributed by atoms with Crippen molar-refractivity contribution in [2.24, 2.45) is 5.92 Å². The van der Waals surface area contributed by atoms with Crippen LogP contribution in [0.25, 0.3) is 0 Å². The van der Waals surface area contributed by atoms with Crippen molar-refractivity contribution in [1.82, 2.24) is 9.62 Å². The molecular formula is C20H31ClN2O3S. The van der Waals surface area contributed by atoms with Crippen molar-refractivity contribution in [3.63, 3.8) is 0 Å². The summed E-state index contributed by atoms with van der Waals surface area (Å²) >= 11 is 6.17. The number of nitrogens with one attached hydrogen (secondary N) is 1. The topological polar surface area (TPSA) is 66.5 Å². The summed E-state index contributed by atoms with van der Waals surface area (Å²) < 4.78 is 27.3. The third-order valence-corrected chi connectivity index (χ3v) is 7.60. The predicted molar refractivity (Wildman–Crippen MR) is 110 cm³/mol. The number of carbonyl (C=O) groups excluding carboxylic acids is 1.